The molecule has 0 aromatic heterocycles. The van der Waals surface area contributed by atoms with Gasteiger partial charge >= 0.3 is 0 Å². The van der Waals surface area contributed by atoms with Crippen molar-refractivity contribution in [3.63, 3.8) is 0 Å². The Hall–Kier alpha value is -1.08. The van der Waals surface area contributed by atoms with Gasteiger partial charge < -0.3 is 10.4 Å². The summed E-state index contributed by atoms with van der Waals surface area (Å²) in [5, 5.41) is 24.4. The quantitative estimate of drug-likeness (QED) is 0.429. The van der Waals surface area contributed by atoms with Crippen LogP contribution in [0.15, 0.2) is 18.2 Å². The summed E-state index contributed by atoms with van der Waals surface area (Å²) < 4.78 is 0. The number of nitrogens with zero attached hydrogens (tertiary/aromatic N) is 2. The number of nitro benzene ring substituents is 1. The fraction of sp³-hybridized carbons (Fsp3) is 0.625. The minimum Gasteiger partial charge on any atom is -0.508 e. The van der Waals surface area contributed by atoms with Crippen LogP contribution >= 0.6 is 24.8 Å². The van der Waals surface area contributed by atoms with E-state index in [1.165, 1.54) is 12.1 Å². The topological polar surface area (TPSA) is 78.6 Å². The van der Waals surface area contributed by atoms with E-state index < -0.39 is 0 Å². The second-order valence-electron chi connectivity index (χ2n) is 5.80. The maximum Gasteiger partial charge on any atom is 0.274 e. The van der Waals surface area contributed by atoms with Gasteiger partial charge in [0.1, 0.15) is 5.75 Å². The second-order valence-corrected chi connectivity index (χ2v) is 5.80. The molecule has 138 valence electrons. The van der Waals surface area contributed by atoms with Crippen LogP contribution in [0, 0.1) is 10.1 Å². The average Bonchev–Trinajstić information content (AvgIpc) is 2.52. The molecule has 0 radical (unpaired) electrons. The van der Waals surface area contributed by atoms with Gasteiger partial charge in [0.25, 0.3) is 5.69 Å². The summed E-state index contributed by atoms with van der Waals surface area (Å²) in [7, 11) is 0. The van der Waals surface area contributed by atoms with Crippen LogP contribution in [0.5, 0.6) is 5.75 Å². The molecule has 1 aromatic rings. The van der Waals surface area contributed by atoms with E-state index in [0.717, 1.165) is 51.9 Å². The summed E-state index contributed by atoms with van der Waals surface area (Å²) in [5.74, 6) is 0.0937. The Labute approximate surface area is 155 Å². The van der Waals surface area contributed by atoms with Crippen LogP contribution < -0.4 is 5.32 Å². The standard InChI is InChI=1S/C16H25N3O3.2ClH/c1-2-3-4-5-15(18-10-8-17-9-11-18)14-12-13(20)6-7-16(14)19(21)22;;/h6-7,12,15,17,20H,2-5,8-11H2,1H3;2*1H/t15-;;/m1../s1. The van der Waals surface area contributed by atoms with Gasteiger partial charge in [-0.1, -0.05) is 26.2 Å². The first kappa shape index (κ1) is 22.9. The molecular formula is C16H27Cl2N3O3. The third-order valence-electron chi connectivity index (χ3n) is 4.24. The van der Waals surface area contributed by atoms with Crippen molar-refractivity contribution >= 4 is 30.5 Å². The van der Waals surface area contributed by atoms with Gasteiger partial charge in [0.15, 0.2) is 0 Å². The largest absolute Gasteiger partial charge is 0.508 e. The molecule has 0 saturated carbocycles. The number of benzene rings is 1. The normalized spacial score (nSPS) is 15.9. The zero-order chi connectivity index (χ0) is 15.9. The molecule has 1 saturated heterocycles. The van der Waals surface area contributed by atoms with Gasteiger partial charge in [-0.15, -0.1) is 24.8 Å². The number of phenolic OH excluding ortho intramolecular Hbond substituents is 1. The van der Waals surface area contributed by atoms with Gasteiger partial charge in [-0.05, 0) is 18.6 Å². The Kier molecular flexibility index (Phi) is 11.0. The fourth-order valence-corrected chi connectivity index (χ4v) is 3.09. The molecule has 0 spiro atoms. The highest BCUT2D eigenvalue weighted by Crippen LogP contribution is 2.35. The number of halogens is 2. The molecule has 1 atom stereocenters. The van der Waals surface area contributed by atoms with Gasteiger partial charge in [0.05, 0.1) is 10.5 Å². The number of nitro groups is 1. The molecule has 8 heteroatoms. The zero-order valence-corrected chi connectivity index (χ0v) is 15.6. The molecule has 24 heavy (non-hydrogen) atoms. The minimum atomic E-state index is -0.343. The number of phenols is 1. The van der Waals surface area contributed by atoms with Crippen molar-refractivity contribution in [3.8, 4) is 5.75 Å². The molecule has 1 fully saturated rings. The Morgan fingerprint density at radius 2 is 1.96 bits per heavy atom. The van der Waals surface area contributed by atoms with E-state index in [4.69, 9.17) is 0 Å². The van der Waals surface area contributed by atoms with Crippen molar-refractivity contribution in [2.24, 2.45) is 0 Å². The van der Waals surface area contributed by atoms with Crippen LogP contribution in [0.4, 0.5) is 5.69 Å². The Balaban J connectivity index is 0.00000264. The lowest BCUT2D eigenvalue weighted by atomic mass is 9.96. The predicted octanol–water partition coefficient (Wildman–Crippen LogP) is 3.67. The monoisotopic (exact) mass is 379 g/mol. The summed E-state index contributed by atoms with van der Waals surface area (Å²) in [5.41, 5.74) is 0.751. The van der Waals surface area contributed by atoms with Gasteiger partial charge in [0, 0.05) is 38.3 Å². The van der Waals surface area contributed by atoms with Crippen LogP contribution in [-0.4, -0.2) is 41.1 Å². The fourth-order valence-electron chi connectivity index (χ4n) is 3.09. The summed E-state index contributed by atoms with van der Waals surface area (Å²) in [6, 6.07) is 4.38. The molecule has 1 aliphatic heterocycles. The molecule has 0 amide bonds. The molecule has 1 aromatic carbocycles. The lowest BCUT2D eigenvalue weighted by molar-refractivity contribution is -0.386. The van der Waals surface area contributed by atoms with Gasteiger partial charge in [-0.3, -0.25) is 15.0 Å². The highest BCUT2D eigenvalue weighted by Gasteiger charge is 2.28. The summed E-state index contributed by atoms with van der Waals surface area (Å²) in [4.78, 5) is 13.3. The van der Waals surface area contributed by atoms with Crippen LogP contribution in [0.1, 0.15) is 44.2 Å². The molecule has 0 unspecified atom stereocenters. The van der Waals surface area contributed by atoms with E-state index in [1.54, 1.807) is 6.07 Å². The number of aromatic hydroxyl groups is 1. The Morgan fingerprint density at radius 3 is 2.54 bits per heavy atom. The van der Waals surface area contributed by atoms with Crippen molar-refractivity contribution in [1.82, 2.24) is 10.2 Å². The van der Waals surface area contributed by atoms with E-state index in [2.05, 4.69) is 17.1 Å². The van der Waals surface area contributed by atoms with E-state index >= 15 is 0 Å². The third-order valence-corrected chi connectivity index (χ3v) is 4.24. The smallest absolute Gasteiger partial charge is 0.274 e. The van der Waals surface area contributed by atoms with E-state index in [-0.39, 0.29) is 47.2 Å². The molecule has 2 N–H and O–H groups in total. The van der Waals surface area contributed by atoms with Crippen molar-refractivity contribution in [1.29, 1.82) is 0 Å². The number of hydrogen-bond donors (Lipinski definition) is 2. The molecule has 0 bridgehead atoms. The van der Waals surface area contributed by atoms with Crippen molar-refractivity contribution in [2.45, 2.75) is 38.6 Å². The summed E-state index contributed by atoms with van der Waals surface area (Å²) in [6.45, 7) is 5.71. The molecule has 1 heterocycles. The van der Waals surface area contributed by atoms with E-state index in [9.17, 15) is 15.2 Å². The number of piperazine rings is 1. The first-order chi connectivity index (χ1) is 10.6. The molecular weight excluding hydrogens is 353 g/mol. The second kappa shape index (κ2) is 11.5. The molecule has 0 aliphatic carbocycles. The lowest BCUT2D eigenvalue weighted by Gasteiger charge is -2.35. The van der Waals surface area contributed by atoms with Crippen LogP contribution in [0.3, 0.4) is 0 Å². The van der Waals surface area contributed by atoms with Gasteiger partial charge in [0.2, 0.25) is 0 Å². The van der Waals surface area contributed by atoms with Crippen LogP contribution in [0.2, 0.25) is 0 Å². The maximum absolute atomic E-state index is 11.3. The van der Waals surface area contributed by atoms with Gasteiger partial charge in [-0.25, -0.2) is 0 Å². The third kappa shape index (κ3) is 6.09. The van der Waals surface area contributed by atoms with Gasteiger partial charge in [-0.2, -0.15) is 0 Å². The number of nitrogens with one attached hydrogen (secondary N) is 1. The van der Waals surface area contributed by atoms with Crippen molar-refractivity contribution in [2.75, 3.05) is 26.2 Å². The van der Waals surface area contributed by atoms with Crippen molar-refractivity contribution in [3.05, 3.63) is 33.9 Å². The first-order valence-electron chi connectivity index (χ1n) is 8.05. The highest BCUT2D eigenvalue weighted by atomic mass is 35.5. The summed E-state index contributed by atoms with van der Waals surface area (Å²) >= 11 is 0. The van der Waals surface area contributed by atoms with Crippen LogP contribution in [-0.2, 0) is 0 Å². The van der Waals surface area contributed by atoms with Crippen molar-refractivity contribution < 1.29 is 10.0 Å². The number of rotatable bonds is 7. The Bertz CT molecular complexity index is 511. The Morgan fingerprint density at radius 1 is 1.29 bits per heavy atom. The molecule has 2 rings (SSSR count). The maximum atomic E-state index is 11.3. The minimum absolute atomic E-state index is 0. The predicted molar refractivity (Wildman–Crippen MR) is 101 cm³/mol. The first-order valence-corrected chi connectivity index (χ1v) is 8.05. The SMILES string of the molecule is CCCCC[C@H](c1cc(O)ccc1[N+](=O)[O-])N1CCNCC1.Cl.Cl. The van der Waals surface area contributed by atoms with Crippen LogP contribution in [0.25, 0.3) is 0 Å². The number of unbranched alkanes of at least 4 members (excludes halogenated alkanes) is 2. The lowest BCUT2D eigenvalue weighted by Crippen LogP contribution is -2.45. The van der Waals surface area contributed by atoms with E-state index in [0.29, 0.717) is 5.56 Å². The highest BCUT2D eigenvalue weighted by molar-refractivity contribution is 5.85. The molecule has 6 nitrogen and oxygen atoms in total. The number of hydrogen-bond acceptors (Lipinski definition) is 5. The average molecular weight is 380 g/mol. The zero-order valence-electron chi connectivity index (χ0n) is 13.9. The summed E-state index contributed by atoms with van der Waals surface area (Å²) in [6.07, 6.45) is 4.17. The molecule has 1 aliphatic rings. The van der Waals surface area contributed by atoms with E-state index in [1.807, 2.05) is 0 Å².